The summed E-state index contributed by atoms with van der Waals surface area (Å²) < 4.78 is 5.38. The zero-order valence-corrected chi connectivity index (χ0v) is 17.8. The molecule has 1 fully saturated rings. The van der Waals surface area contributed by atoms with Crippen molar-refractivity contribution in [1.29, 1.82) is 0 Å². The van der Waals surface area contributed by atoms with Gasteiger partial charge >= 0.3 is 5.97 Å². The first-order valence-electron chi connectivity index (χ1n) is 10.1. The number of cyclic esters (lactones) is 1. The average Bonchev–Trinajstić information content (AvgIpc) is 3.10. The minimum absolute atomic E-state index is 0.228. The number of hydrogen-bond donors (Lipinski definition) is 0. The SMILES string of the molecule is CCC1CCC(c2ccc(C3=NC(=Cc4ccc(Cl)cc4Cl)C(=O)O3)cc2)CC1. The van der Waals surface area contributed by atoms with Crippen LogP contribution in [0.15, 0.2) is 53.2 Å². The summed E-state index contributed by atoms with van der Waals surface area (Å²) in [5, 5.41) is 1.00. The van der Waals surface area contributed by atoms with E-state index >= 15 is 0 Å². The lowest BCUT2D eigenvalue weighted by Crippen LogP contribution is -2.13. The highest BCUT2D eigenvalue weighted by Gasteiger charge is 2.25. The third kappa shape index (κ3) is 4.57. The summed E-state index contributed by atoms with van der Waals surface area (Å²) in [6.45, 7) is 2.28. The molecule has 0 bridgehead atoms. The second-order valence-corrected chi connectivity index (χ2v) is 8.59. The molecule has 0 atom stereocenters. The van der Waals surface area contributed by atoms with E-state index in [1.54, 1.807) is 24.3 Å². The first kappa shape index (κ1) is 20.2. The molecule has 2 aromatic carbocycles. The average molecular weight is 428 g/mol. The summed E-state index contributed by atoms with van der Waals surface area (Å²) >= 11 is 12.1. The molecule has 0 unspecified atom stereocenters. The zero-order chi connectivity index (χ0) is 20.4. The number of carbonyl (C=O) groups excluding carboxylic acids is 1. The molecule has 0 saturated heterocycles. The van der Waals surface area contributed by atoms with Crippen molar-refractivity contribution in [2.24, 2.45) is 10.9 Å². The van der Waals surface area contributed by atoms with Gasteiger partial charge in [-0.15, -0.1) is 0 Å². The van der Waals surface area contributed by atoms with Gasteiger partial charge in [0.2, 0.25) is 5.90 Å². The Hall–Kier alpha value is -2.10. The lowest BCUT2D eigenvalue weighted by atomic mass is 9.78. The van der Waals surface area contributed by atoms with Gasteiger partial charge < -0.3 is 4.74 Å². The number of ether oxygens (including phenoxy) is 1. The van der Waals surface area contributed by atoms with E-state index in [4.69, 9.17) is 27.9 Å². The van der Waals surface area contributed by atoms with E-state index in [0.717, 1.165) is 11.5 Å². The van der Waals surface area contributed by atoms with Crippen LogP contribution in [-0.4, -0.2) is 11.9 Å². The van der Waals surface area contributed by atoms with Gasteiger partial charge in [0.15, 0.2) is 5.70 Å². The molecule has 2 aliphatic rings. The maximum atomic E-state index is 12.2. The van der Waals surface area contributed by atoms with Crippen LogP contribution >= 0.6 is 23.2 Å². The number of aliphatic imine (C=N–C) groups is 1. The van der Waals surface area contributed by atoms with Gasteiger partial charge in [-0.2, -0.15) is 0 Å². The van der Waals surface area contributed by atoms with Crippen molar-refractivity contribution >= 4 is 41.1 Å². The summed E-state index contributed by atoms with van der Waals surface area (Å²) in [5.74, 6) is 1.36. The van der Waals surface area contributed by atoms with Gasteiger partial charge in [-0.25, -0.2) is 9.79 Å². The van der Waals surface area contributed by atoms with Crippen molar-refractivity contribution in [1.82, 2.24) is 0 Å². The van der Waals surface area contributed by atoms with Crippen LogP contribution in [0.3, 0.4) is 0 Å². The van der Waals surface area contributed by atoms with E-state index in [1.807, 2.05) is 12.1 Å². The Balaban J connectivity index is 1.51. The summed E-state index contributed by atoms with van der Waals surface area (Å²) in [6.07, 6.45) is 8.04. The summed E-state index contributed by atoms with van der Waals surface area (Å²) in [6, 6.07) is 13.4. The Morgan fingerprint density at radius 1 is 1.07 bits per heavy atom. The monoisotopic (exact) mass is 427 g/mol. The summed E-state index contributed by atoms with van der Waals surface area (Å²) in [5.41, 5.74) is 3.06. The van der Waals surface area contributed by atoms with E-state index in [9.17, 15) is 4.79 Å². The fraction of sp³-hybridized carbons (Fsp3) is 0.333. The minimum Gasteiger partial charge on any atom is -0.402 e. The van der Waals surface area contributed by atoms with Crippen molar-refractivity contribution in [3.8, 4) is 0 Å². The summed E-state index contributed by atoms with van der Waals surface area (Å²) in [4.78, 5) is 16.6. The Morgan fingerprint density at radius 3 is 2.45 bits per heavy atom. The predicted molar refractivity (Wildman–Crippen MR) is 119 cm³/mol. The van der Waals surface area contributed by atoms with Crippen LogP contribution in [-0.2, 0) is 9.53 Å². The molecule has 0 amide bonds. The molecule has 4 rings (SSSR count). The van der Waals surface area contributed by atoms with Gasteiger partial charge in [0.05, 0.1) is 0 Å². The highest BCUT2D eigenvalue weighted by molar-refractivity contribution is 6.35. The van der Waals surface area contributed by atoms with E-state index in [2.05, 4.69) is 24.0 Å². The molecular weight excluding hydrogens is 405 g/mol. The molecular formula is C24H23Cl2NO2. The van der Waals surface area contributed by atoms with Crippen molar-refractivity contribution in [2.75, 3.05) is 0 Å². The number of halogens is 2. The molecule has 29 heavy (non-hydrogen) atoms. The second-order valence-electron chi connectivity index (χ2n) is 7.75. The summed E-state index contributed by atoms with van der Waals surface area (Å²) in [7, 11) is 0. The predicted octanol–water partition coefficient (Wildman–Crippen LogP) is 7.02. The topological polar surface area (TPSA) is 38.7 Å². The zero-order valence-electron chi connectivity index (χ0n) is 16.3. The van der Waals surface area contributed by atoms with Crippen LogP contribution in [0.25, 0.3) is 6.08 Å². The fourth-order valence-electron chi connectivity index (χ4n) is 4.10. The number of hydrogen-bond acceptors (Lipinski definition) is 3. The second kappa shape index (κ2) is 8.73. The quantitative estimate of drug-likeness (QED) is 0.388. The lowest BCUT2D eigenvalue weighted by Gasteiger charge is -2.28. The largest absolute Gasteiger partial charge is 0.402 e. The van der Waals surface area contributed by atoms with Crippen LogP contribution in [0.2, 0.25) is 10.0 Å². The highest BCUT2D eigenvalue weighted by atomic mass is 35.5. The van der Waals surface area contributed by atoms with Crippen LogP contribution in [0.4, 0.5) is 0 Å². The molecule has 1 aliphatic heterocycles. The Morgan fingerprint density at radius 2 is 1.79 bits per heavy atom. The smallest absolute Gasteiger partial charge is 0.363 e. The van der Waals surface area contributed by atoms with Crippen LogP contribution in [0, 0.1) is 5.92 Å². The number of carbonyl (C=O) groups is 1. The van der Waals surface area contributed by atoms with Gasteiger partial charge in [-0.1, -0.05) is 54.7 Å². The minimum atomic E-state index is -0.479. The third-order valence-corrected chi connectivity index (χ3v) is 6.49. The number of benzene rings is 2. The fourth-order valence-corrected chi connectivity index (χ4v) is 4.56. The lowest BCUT2D eigenvalue weighted by molar-refractivity contribution is -0.129. The molecule has 1 aliphatic carbocycles. The van der Waals surface area contributed by atoms with Crippen LogP contribution in [0.5, 0.6) is 0 Å². The van der Waals surface area contributed by atoms with Gasteiger partial charge in [-0.3, -0.25) is 0 Å². The highest BCUT2D eigenvalue weighted by Crippen LogP contribution is 2.37. The Labute approximate surface area is 181 Å². The van der Waals surface area contributed by atoms with E-state index < -0.39 is 5.97 Å². The number of esters is 1. The molecule has 0 radical (unpaired) electrons. The van der Waals surface area contributed by atoms with E-state index in [-0.39, 0.29) is 5.70 Å². The maximum Gasteiger partial charge on any atom is 0.363 e. The number of rotatable bonds is 4. The van der Waals surface area contributed by atoms with Gasteiger partial charge in [0.1, 0.15) is 0 Å². The van der Waals surface area contributed by atoms with Gasteiger partial charge in [0.25, 0.3) is 0 Å². The Kier molecular flexibility index (Phi) is 6.07. The van der Waals surface area contributed by atoms with Gasteiger partial charge in [0, 0.05) is 15.6 Å². The van der Waals surface area contributed by atoms with Crippen molar-refractivity contribution in [3.05, 3.63) is 74.9 Å². The molecule has 3 nitrogen and oxygen atoms in total. The molecule has 1 saturated carbocycles. The van der Waals surface area contributed by atoms with Gasteiger partial charge in [-0.05, 0) is 79.0 Å². The third-order valence-electron chi connectivity index (χ3n) is 5.93. The van der Waals surface area contributed by atoms with Crippen LogP contribution in [0.1, 0.15) is 61.6 Å². The number of nitrogens with zero attached hydrogens (tertiary/aromatic N) is 1. The van der Waals surface area contributed by atoms with Crippen LogP contribution < -0.4 is 0 Å². The first-order chi connectivity index (χ1) is 14.0. The molecule has 0 aromatic heterocycles. The van der Waals surface area contributed by atoms with E-state index in [1.165, 1.54) is 37.7 Å². The van der Waals surface area contributed by atoms with Crippen molar-refractivity contribution in [2.45, 2.75) is 44.9 Å². The molecule has 1 heterocycles. The standard InChI is InChI=1S/C24H23Cl2NO2/c1-2-15-3-5-16(6-4-15)17-7-9-18(10-8-17)23-27-22(24(28)29-23)13-19-11-12-20(25)14-21(19)26/h7-16H,2-6H2,1H3. The molecule has 150 valence electrons. The van der Waals surface area contributed by atoms with Crippen molar-refractivity contribution in [3.63, 3.8) is 0 Å². The van der Waals surface area contributed by atoms with E-state index in [0.29, 0.717) is 27.4 Å². The molecule has 2 aromatic rings. The maximum absolute atomic E-state index is 12.2. The van der Waals surface area contributed by atoms with Crippen molar-refractivity contribution < 1.29 is 9.53 Å². The molecule has 5 heteroatoms. The Bertz CT molecular complexity index is 971. The first-order valence-corrected chi connectivity index (χ1v) is 10.9. The molecule has 0 spiro atoms. The molecule has 0 N–H and O–H groups in total. The normalized spacial score (nSPS) is 23.2.